The largest absolute Gasteiger partial charge is 0.234 e. The molecule has 1 unspecified atom stereocenters. The Bertz CT molecular complexity index is 159. The zero-order chi connectivity index (χ0) is 7.40. The minimum Gasteiger partial charge on any atom is -0.234 e. The van der Waals surface area contributed by atoms with Gasteiger partial charge >= 0.3 is 0 Å². The fourth-order valence-electron chi connectivity index (χ4n) is 1.36. The highest BCUT2D eigenvalue weighted by molar-refractivity contribution is 7.99. The predicted molar refractivity (Wildman–Crippen MR) is 45.0 cm³/mol. The van der Waals surface area contributed by atoms with Crippen molar-refractivity contribution < 1.29 is 4.79 Å². The van der Waals surface area contributed by atoms with Crippen molar-refractivity contribution in [1.29, 1.82) is 0 Å². The van der Waals surface area contributed by atoms with Crippen LogP contribution in [0.4, 0.5) is 0 Å². The third-order valence-corrected chi connectivity index (χ3v) is 3.06. The molecular formula is C8H12OS. The lowest BCUT2D eigenvalue weighted by atomic mass is 9.96. The molecule has 0 spiro atoms. The maximum Gasteiger partial charge on any atom is 0.124 e. The molecule has 0 radical (unpaired) electrons. The Morgan fingerprint density at radius 3 is 2.90 bits per heavy atom. The molecule has 1 saturated carbocycles. The van der Waals surface area contributed by atoms with Crippen molar-refractivity contribution in [2.24, 2.45) is 0 Å². The van der Waals surface area contributed by atoms with Crippen LogP contribution in [0.1, 0.15) is 25.7 Å². The van der Waals surface area contributed by atoms with Crippen molar-refractivity contribution in [2.45, 2.75) is 30.9 Å². The number of rotatable bonds is 1. The molecule has 56 valence electrons. The molecule has 0 aromatic carbocycles. The Kier molecular flexibility index (Phi) is 3.04. The summed E-state index contributed by atoms with van der Waals surface area (Å²) in [5, 5.41) is 0.478. The Labute approximate surface area is 65.9 Å². The lowest BCUT2D eigenvalue weighted by molar-refractivity contribution is 0.554. The lowest BCUT2D eigenvalue weighted by Crippen LogP contribution is -2.11. The van der Waals surface area contributed by atoms with Gasteiger partial charge in [0, 0.05) is 10.8 Å². The number of carbonyl (C=O) groups excluding carboxylic acids is 1. The third-order valence-electron chi connectivity index (χ3n) is 1.97. The Hall–Kier alpha value is -0.200. The van der Waals surface area contributed by atoms with Crippen LogP contribution in [0.2, 0.25) is 0 Å². The molecule has 0 aromatic rings. The van der Waals surface area contributed by atoms with Gasteiger partial charge < -0.3 is 0 Å². The average Bonchev–Trinajstić information content (AvgIpc) is 2.04. The van der Waals surface area contributed by atoms with Gasteiger partial charge in [0.15, 0.2) is 0 Å². The molecule has 1 fully saturated rings. The molecule has 1 atom stereocenters. The second-order valence-corrected chi connectivity index (χ2v) is 3.64. The lowest BCUT2D eigenvalue weighted by Gasteiger charge is -2.19. The van der Waals surface area contributed by atoms with Crippen LogP contribution in [0.5, 0.6) is 0 Å². The van der Waals surface area contributed by atoms with Crippen LogP contribution >= 0.6 is 11.8 Å². The van der Waals surface area contributed by atoms with E-state index in [4.69, 9.17) is 0 Å². The van der Waals surface area contributed by atoms with Gasteiger partial charge in [0.2, 0.25) is 0 Å². The van der Waals surface area contributed by atoms with Crippen LogP contribution in [-0.4, -0.2) is 17.4 Å². The quantitative estimate of drug-likeness (QED) is 0.540. The molecule has 0 bridgehead atoms. The summed E-state index contributed by atoms with van der Waals surface area (Å²) in [7, 11) is 0. The van der Waals surface area contributed by atoms with Crippen LogP contribution in [0.3, 0.4) is 0 Å². The number of thioether (sulfide) groups is 1. The zero-order valence-electron chi connectivity index (χ0n) is 6.22. The maximum absolute atomic E-state index is 10.4. The summed E-state index contributed by atoms with van der Waals surface area (Å²) < 4.78 is 0. The van der Waals surface area contributed by atoms with Gasteiger partial charge in [-0.1, -0.05) is 6.42 Å². The van der Waals surface area contributed by atoms with Crippen molar-refractivity contribution in [3.63, 3.8) is 0 Å². The Morgan fingerprint density at radius 2 is 2.40 bits per heavy atom. The van der Waals surface area contributed by atoms with Gasteiger partial charge in [0.1, 0.15) is 5.94 Å². The first kappa shape index (κ1) is 7.90. The summed E-state index contributed by atoms with van der Waals surface area (Å²) in [6.45, 7) is 0. The van der Waals surface area contributed by atoms with Gasteiger partial charge in [-0.25, -0.2) is 4.79 Å². The van der Waals surface area contributed by atoms with Gasteiger partial charge in [-0.3, -0.25) is 0 Å². The van der Waals surface area contributed by atoms with Gasteiger partial charge in [-0.05, 0) is 25.5 Å². The van der Waals surface area contributed by atoms with Crippen molar-refractivity contribution in [3.8, 4) is 0 Å². The minimum atomic E-state index is 0.478. The van der Waals surface area contributed by atoms with E-state index in [2.05, 4.69) is 12.2 Å². The zero-order valence-corrected chi connectivity index (χ0v) is 7.04. The van der Waals surface area contributed by atoms with Crippen LogP contribution in [0.15, 0.2) is 5.57 Å². The van der Waals surface area contributed by atoms with Gasteiger partial charge in [0.25, 0.3) is 0 Å². The summed E-state index contributed by atoms with van der Waals surface area (Å²) in [5.74, 6) is 2.05. The van der Waals surface area contributed by atoms with E-state index < -0.39 is 0 Å². The SMILES string of the molecule is CSC1CCCCC1=C=O. The molecule has 0 amide bonds. The third kappa shape index (κ3) is 1.65. The van der Waals surface area contributed by atoms with Gasteiger partial charge in [-0.15, -0.1) is 0 Å². The molecular weight excluding hydrogens is 144 g/mol. The predicted octanol–water partition coefficient (Wildman–Crippen LogP) is 2.05. The molecule has 10 heavy (non-hydrogen) atoms. The summed E-state index contributed by atoms with van der Waals surface area (Å²) in [4.78, 5) is 10.4. The van der Waals surface area contributed by atoms with Gasteiger partial charge in [-0.2, -0.15) is 11.8 Å². The molecule has 1 nitrogen and oxygen atoms in total. The first-order valence-corrected chi connectivity index (χ1v) is 4.94. The highest BCUT2D eigenvalue weighted by atomic mass is 32.2. The van der Waals surface area contributed by atoms with E-state index in [1.807, 2.05) is 0 Å². The van der Waals surface area contributed by atoms with Crippen molar-refractivity contribution in [1.82, 2.24) is 0 Å². The van der Waals surface area contributed by atoms with E-state index in [1.54, 1.807) is 11.8 Å². The molecule has 0 N–H and O–H groups in total. The molecule has 0 aromatic heterocycles. The summed E-state index contributed by atoms with van der Waals surface area (Å²) in [6.07, 6.45) is 6.67. The number of hydrogen-bond donors (Lipinski definition) is 0. The minimum absolute atomic E-state index is 0.478. The smallest absolute Gasteiger partial charge is 0.124 e. The first-order valence-electron chi connectivity index (χ1n) is 3.65. The molecule has 2 heteroatoms. The highest BCUT2D eigenvalue weighted by Gasteiger charge is 2.17. The first-order chi connectivity index (χ1) is 4.88. The van der Waals surface area contributed by atoms with E-state index >= 15 is 0 Å². The fourth-order valence-corrected chi connectivity index (χ4v) is 2.21. The van der Waals surface area contributed by atoms with E-state index in [1.165, 1.54) is 19.3 Å². The maximum atomic E-state index is 10.4. The molecule has 0 saturated heterocycles. The Balaban J connectivity index is 2.59. The van der Waals surface area contributed by atoms with Crippen LogP contribution in [0.25, 0.3) is 0 Å². The van der Waals surface area contributed by atoms with E-state index in [0.717, 1.165) is 12.0 Å². The topological polar surface area (TPSA) is 17.1 Å². The average molecular weight is 156 g/mol. The standard InChI is InChI=1S/C8H12OS/c1-10-8-5-3-2-4-7(8)6-9/h8H,2-5H2,1H3. The van der Waals surface area contributed by atoms with Crippen LogP contribution in [0, 0.1) is 0 Å². The van der Waals surface area contributed by atoms with E-state index in [9.17, 15) is 4.79 Å². The van der Waals surface area contributed by atoms with E-state index in [-0.39, 0.29) is 0 Å². The van der Waals surface area contributed by atoms with Crippen molar-refractivity contribution in [3.05, 3.63) is 5.57 Å². The molecule has 0 heterocycles. The second-order valence-electron chi connectivity index (χ2n) is 2.60. The van der Waals surface area contributed by atoms with Crippen LogP contribution < -0.4 is 0 Å². The molecule has 1 aliphatic rings. The van der Waals surface area contributed by atoms with Crippen molar-refractivity contribution >= 4 is 17.7 Å². The fraction of sp³-hybridized carbons (Fsp3) is 0.750. The van der Waals surface area contributed by atoms with Crippen molar-refractivity contribution in [2.75, 3.05) is 6.26 Å². The monoisotopic (exact) mass is 156 g/mol. The normalized spacial score (nSPS) is 26.1. The molecule has 0 aliphatic heterocycles. The second kappa shape index (κ2) is 3.85. The summed E-state index contributed by atoms with van der Waals surface area (Å²) in [5.41, 5.74) is 0.999. The summed E-state index contributed by atoms with van der Waals surface area (Å²) in [6, 6.07) is 0. The Morgan fingerprint density at radius 1 is 1.60 bits per heavy atom. The van der Waals surface area contributed by atoms with Gasteiger partial charge in [0.05, 0.1) is 0 Å². The summed E-state index contributed by atoms with van der Waals surface area (Å²) >= 11 is 1.78. The molecule has 1 aliphatic carbocycles. The highest BCUT2D eigenvalue weighted by Crippen LogP contribution is 2.29. The van der Waals surface area contributed by atoms with E-state index in [0.29, 0.717) is 5.25 Å². The molecule has 1 rings (SSSR count). The van der Waals surface area contributed by atoms with Crippen LogP contribution in [-0.2, 0) is 4.79 Å². The number of hydrogen-bond acceptors (Lipinski definition) is 2.